The number of aryl methyl sites for hydroxylation is 1. The van der Waals surface area contributed by atoms with Gasteiger partial charge in [-0.1, -0.05) is 17.4 Å². The number of methoxy groups -OCH3 is 2. The molecule has 0 aliphatic rings. The Balaban J connectivity index is 1.74. The van der Waals surface area contributed by atoms with Gasteiger partial charge in [0.25, 0.3) is 5.91 Å². The molecule has 0 bridgehead atoms. The molecule has 3 aromatic rings. The summed E-state index contributed by atoms with van der Waals surface area (Å²) in [7, 11) is -0.707. The minimum absolute atomic E-state index is 0.103. The number of carbonyl (C=O) groups is 1. The molecule has 1 heterocycles. The Morgan fingerprint density at radius 2 is 1.71 bits per heavy atom. The molecule has 0 saturated heterocycles. The number of sulfonamides is 1. The number of carbonyl (C=O) groups excluding carboxylic acids is 1. The van der Waals surface area contributed by atoms with Crippen LogP contribution in [0, 0.1) is 6.92 Å². The zero-order chi connectivity index (χ0) is 22.4. The molecule has 1 N–H and O–H groups in total. The van der Waals surface area contributed by atoms with Crippen molar-refractivity contribution < 1.29 is 22.7 Å². The first-order valence-electron chi connectivity index (χ1n) is 9.62. The van der Waals surface area contributed by atoms with E-state index in [2.05, 4.69) is 10.3 Å². The molecule has 0 aliphatic carbocycles. The Kier molecular flexibility index (Phi) is 7.74. The lowest BCUT2D eigenvalue weighted by atomic mass is 10.2. The van der Waals surface area contributed by atoms with Crippen LogP contribution in [-0.4, -0.2) is 64.1 Å². The number of ether oxygens (including phenoxy) is 2. The van der Waals surface area contributed by atoms with Gasteiger partial charge in [0, 0.05) is 32.9 Å². The van der Waals surface area contributed by atoms with Crippen molar-refractivity contribution in [2.45, 2.75) is 11.8 Å². The van der Waals surface area contributed by atoms with Crippen molar-refractivity contribution in [2.24, 2.45) is 0 Å². The molecule has 2 aromatic carbocycles. The van der Waals surface area contributed by atoms with Crippen LogP contribution in [0.3, 0.4) is 0 Å². The maximum atomic E-state index is 12.9. The van der Waals surface area contributed by atoms with E-state index in [1.165, 1.54) is 54.1 Å². The smallest absolute Gasteiger partial charge is 0.257 e. The number of fused-ring (bicyclic) bond motifs is 1. The Bertz CT molecular complexity index is 1140. The van der Waals surface area contributed by atoms with E-state index < -0.39 is 10.0 Å². The van der Waals surface area contributed by atoms with Gasteiger partial charge in [0.2, 0.25) is 10.0 Å². The van der Waals surface area contributed by atoms with Crippen LogP contribution in [-0.2, 0) is 19.5 Å². The second-order valence-electron chi connectivity index (χ2n) is 6.86. The molecular formula is C21H25N3O5S2. The van der Waals surface area contributed by atoms with Crippen molar-refractivity contribution in [3.8, 4) is 0 Å². The maximum absolute atomic E-state index is 12.9. The molecule has 3 rings (SSSR count). The van der Waals surface area contributed by atoms with Crippen molar-refractivity contribution in [3.05, 3.63) is 53.6 Å². The molecule has 31 heavy (non-hydrogen) atoms. The summed E-state index contributed by atoms with van der Waals surface area (Å²) in [6.07, 6.45) is 0. The van der Waals surface area contributed by atoms with E-state index in [0.717, 1.165) is 15.8 Å². The van der Waals surface area contributed by atoms with Crippen LogP contribution in [0.15, 0.2) is 47.4 Å². The normalized spacial score (nSPS) is 11.9. The SMILES string of the molecule is COCCN(CCOC)S(=O)(=O)c1ccc(C(=O)Nc2nc3ccc(C)cc3s2)cc1. The van der Waals surface area contributed by atoms with Crippen LogP contribution < -0.4 is 5.32 Å². The van der Waals surface area contributed by atoms with Gasteiger partial charge < -0.3 is 9.47 Å². The van der Waals surface area contributed by atoms with Crippen LogP contribution in [0.4, 0.5) is 5.13 Å². The Morgan fingerprint density at radius 1 is 1.06 bits per heavy atom. The summed E-state index contributed by atoms with van der Waals surface area (Å²) < 4.78 is 38.2. The number of thiazole rings is 1. The zero-order valence-electron chi connectivity index (χ0n) is 17.6. The molecule has 166 valence electrons. The first-order chi connectivity index (χ1) is 14.8. The van der Waals surface area contributed by atoms with E-state index in [1.807, 2.05) is 25.1 Å². The van der Waals surface area contributed by atoms with Crippen LogP contribution in [0.2, 0.25) is 0 Å². The molecule has 0 radical (unpaired) electrons. The lowest BCUT2D eigenvalue weighted by molar-refractivity contribution is 0.102. The van der Waals surface area contributed by atoms with E-state index in [-0.39, 0.29) is 37.1 Å². The highest BCUT2D eigenvalue weighted by Gasteiger charge is 2.24. The average Bonchev–Trinajstić information content (AvgIpc) is 3.15. The Labute approximate surface area is 185 Å². The third-order valence-electron chi connectivity index (χ3n) is 4.61. The van der Waals surface area contributed by atoms with Crippen LogP contribution in [0.5, 0.6) is 0 Å². The number of rotatable bonds is 10. The second kappa shape index (κ2) is 10.3. The third-order valence-corrected chi connectivity index (χ3v) is 7.45. The van der Waals surface area contributed by atoms with Gasteiger partial charge in [-0.05, 0) is 48.9 Å². The molecule has 1 aromatic heterocycles. The molecule has 0 spiro atoms. The molecule has 0 unspecified atom stereocenters. The summed E-state index contributed by atoms with van der Waals surface area (Å²) in [6, 6.07) is 11.7. The third kappa shape index (κ3) is 5.66. The van der Waals surface area contributed by atoms with E-state index in [9.17, 15) is 13.2 Å². The fourth-order valence-corrected chi connectivity index (χ4v) is 5.29. The molecule has 0 aliphatic heterocycles. The number of benzene rings is 2. The van der Waals surface area contributed by atoms with Gasteiger partial charge in [-0.2, -0.15) is 4.31 Å². The Morgan fingerprint density at radius 3 is 2.32 bits per heavy atom. The average molecular weight is 464 g/mol. The van der Waals surface area contributed by atoms with Crippen LogP contribution >= 0.6 is 11.3 Å². The van der Waals surface area contributed by atoms with E-state index >= 15 is 0 Å². The fourth-order valence-electron chi connectivity index (χ4n) is 2.92. The van der Waals surface area contributed by atoms with Crippen molar-refractivity contribution >= 4 is 42.6 Å². The molecular weight excluding hydrogens is 438 g/mol. The quantitative estimate of drug-likeness (QED) is 0.496. The molecule has 0 saturated carbocycles. The number of hydrogen-bond acceptors (Lipinski definition) is 7. The topological polar surface area (TPSA) is 97.8 Å². The lowest BCUT2D eigenvalue weighted by Crippen LogP contribution is -2.36. The number of hydrogen-bond donors (Lipinski definition) is 1. The summed E-state index contributed by atoms with van der Waals surface area (Å²) in [5, 5.41) is 3.27. The van der Waals surface area contributed by atoms with Crippen molar-refractivity contribution in [1.29, 1.82) is 0 Å². The summed E-state index contributed by atoms with van der Waals surface area (Å²) in [4.78, 5) is 17.1. The van der Waals surface area contributed by atoms with Crippen molar-refractivity contribution in [2.75, 3.05) is 45.8 Å². The van der Waals surface area contributed by atoms with Gasteiger partial charge in [-0.3, -0.25) is 10.1 Å². The minimum Gasteiger partial charge on any atom is -0.383 e. The number of nitrogens with one attached hydrogen (secondary N) is 1. The van der Waals surface area contributed by atoms with Crippen molar-refractivity contribution in [1.82, 2.24) is 9.29 Å². The van der Waals surface area contributed by atoms with Gasteiger partial charge >= 0.3 is 0 Å². The number of nitrogens with zero attached hydrogens (tertiary/aromatic N) is 2. The first kappa shape index (κ1) is 23.3. The van der Waals surface area contributed by atoms with Crippen molar-refractivity contribution in [3.63, 3.8) is 0 Å². The second-order valence-corrected chi connectivity index (χ2v) is 9.83. The Hall–Kier alpha value is -2.37. The highest BCUT2D eigenvalue weighted by atomic mass is 32.2. The van der Waals surface area contributed by atoms with Gasteiger partial charge in [-0.15, -0.1) is 0 Å². The number of anilines is 1. The zero-order valence-corrected chi connectivity index (χ0v) is 19.3. The summed E-state index contributed by atoms with van der Waals surface area (Å²) >= 11 is 1.39. The highest BCUT2D eigenvalue weighted by Crippen LogP contribution is 2.27. The van der Waals surface area contributed by atoms with Crippen LogP contribution in [0.25, 0.3) is 10.2 Å². The van der Waals surface area contributed by atoms with E-state index in [4.69, 9.17) is 9.47 Å². The molecule has 1 amide bonds. The van der Waals surface area contributed by atoms with Gasteiger partial charge in [0.15, 0.2) is 5.13 Å². The number of aromatic nitrogens is 1. The summed E-state index contributed by atoms with van der Waals surface area (Å²) in [6.45, 7) is 2.96. The maximum Gasteiger partial charge on any atom is 0.257 e. The van der Waals surface area contributed by atoms with E-state index in [0.29, 0.717) is 10.7 Å². The molecule has 0 atom stereocenters. The first-order valence-corrected chi connectivity index (χ1v) is 11.9. The minimum atomic E-state index is -3.74. The summed E-state index contributed by atoms with van der Waals surface area (Å²) in [5.41, 5.74) is 2.28. The summed E-state index contributed by atoms with van der Waals surface area (Å²) in [5.74, 6) is -0.352. The van der Waals surface area contributed by atoms with Gasteiger partial charge in [-0.25, -0.2) is 13.4 Å². The molecule has 8 nitrogen and oxygen atoms in total. The van der Waals surface area contributed by atoms with Gasteiger partial charge in [0.1, 0.15) is 0 Å². The predicted octanol–water partition coefficient (Wildman–Crippen LogP) is 3.14. The number of amides is 1. The lowest BCUT2D eigenvalue weighted by Gasteiger charge is -2.21. The largest absolute Gasteiger partial charge is 0.383 e. The van der Waals surface area contributed by atoms with Crippen LogP contribution in [0.1, 0.15) is 15.9 Å². The fraction of sp³-hybridized carbons (Fsp3) is 0.333. The molecule has 10 heteroatoms. The van der Waals surface area contributed by atoms with E-state index in [1.54, 1.807) is 0 Å². The van der Waals surface area contributed by atoms with Gasteiger partial charge in [0.05, 0.1) is 28.3 Å². The predicted molar refractivity (Wildman–Crippen MR) is 121 cm³/mol. The monoisotopic (exact) mass is 463 g/mol. The molecule has 0 fully saturated rings. The standard InChI is InChI=1S/C21H25N3O5S2/c1-15-4-9-18-19(14-15)30-21(22-18)23-20(25)16-5-7-17(8-6-16)31(26,27)24(10-12-28-2)11-13-29-3/h4-9,14H,10-13H2,1-3H3,(H,22,23,25). The highest BCUT2D eigenvalue weighted by molar-refractivity contribution is 7.89.